The summed E-state index contributed by atoms with van der Waals surface area (Å²) < 4.78 is 1.67. The number of aryl methyl sites for hydroxylation is 2. The van der Waals surface area contributed by atoms with Gasteiger partial charge in [-0.1, -0.05) is 62.4 Å². The molecular weight excluding hydrogens is 490 g/mol. The number of para-hydroxylation sites is 1. The molecule has 0 spiro atoms. The minimum atomic E-state index is -0.823. The summed E-state index contributed by atoms with van der Waals surface area (Å²) in [5, 5.41) is 14.8. The van der Waals surface area contributed by atoms with Crippen LogP contribution in [0.5, 0.6) is 0 Å². The zero-order valence-corrected chi connectivity index (χ0v) is 22.4. The van der Waals surface area contributed by atoms with Crippen molar-refractivity contribution >= 4 is 23.4 Å². The van der Waals surface area contributed by atoms with Gasteiger partial charge in [-0.15, -0.1) is 0 Å². The minimum absolute atomic E-state index is 0.0757. The van der Waals surface area contributed by atoms with E-state index in [4.69, 9.17) is 5.11 Å². The molecule has 0 saturated carbocycles. The molecule has 0 radical (unpaired) electrons. The Kier molecular flexibility index (Phi) is 8.61. The summed E-state index contributed by atoms with van der Waals surface area (Å²) >= 11 is 0. The number of aliphatic carboxylic acids is 1. The van der Waals surface area contributed by atoms with Crippen LogP contribution in [0.2, 0.25) is 0 Å². The molecule has 7 nitrogen and oxygen atoms in total. The van der Waals surface area contributed by atoms with Crippen LogP contribution in [-0.4, -0.2) is 21.7 Å². The monoisotopic (exact) mass is 523 g/mol. The molecular formula is C32H33N3O4. The predicted molar refractivity (Wildman–Crippen MR) is 156 cm³/mol. The molecule has 4 aromatic rings. The Morgan fingerprint density at radius 2 is 1.67 bits per heavy atom. The highest BCUT2D eigenvalue weighted by Gasteiger charge is 2.13. The molecule has 0 aliphatic carbocycles. The van der Waals surface area contributed by atoms with Crippen molar-refractivity contribution in [2.75, 3.05) is 10.6 Å². The van der Waals surface area contributed by atoms with Gasteiger partial charge in [-0.25, -0.2) is 4.79 Å². The highest BCUT2D eigenvalue weighted by molar-refractivity contribution is 6.00. The van der Waals surface area contributed by atoms with E-state index in [1.807, 2.05) is 93.6 Å². The number of rotatable bonds is 9. The number of benzene rings is 3. The van der Waals surface area contributed by atoms with Gasteiger partial charge in [-0.3, -0.25) is 9.59 Å². The first-order valence-corrected chi connectivity index (χ1v) is 13.0. The van der Waals surface area contributed by atoms with Crippen LogP contribution in [0.25, 0.3) is 11.1 Å². The zero-order chi connectivity index (χ0) is 27.9. The molecule has 0 fully saturated rings. The van der Waals surface area contributed by atoms with Gasteiger partial charge >= 0.3 is 12.0 Å². The number of carboxylic acids is 1. The van der Waals surface area contributed by atoms with E-state index in [0.29, 0.717) is 24.2 Å². The summed E-state index contributed by atoms with van der Waals surface area (Å²) in [5.74, 6) is -0.906. The molecule has 7 heteroatoms. The first kappa shape index (κ1) is 27.4. The lowest BCUT2D eigenvalue weighted by molar-refractivity contribution is -0.137. The fourth-order valence-corrected chi connectivity index (χ4v) is 4.62. The average Bonchev–Trinajstić information content (AvgIpc) is 2.91. The van der Waals surface area contributed by atoms with E-state index in [0.717, 1.165) is 33.5 Å². The quantitative estimate of drug-likeness (QED) is 0.228. The zero-order valence-electron chi connectivity index (χ0n) is 22.4. The molecule has 0 aliphatic heterocycles. The van der Waals surface area contributed by atoms with Gasteiger partial charge in [0.05, 0.1) is 13.0 Å². The molecule has 1 atom stereocenters. The normalized spacial score (nSPS) is 11.6. The summed E-state index contributed by atoms with van der Waals surface area (Å²) in [6.07, 6.45) is 2.53. The molecule has 0 aliphatic rings. The molecule has 2 amide bonds. The molecule has 1 aromatic heterocycles. The summed E-state index contributed by atoms with van der Waals surface area (Å²) in [6.45, 7) is 6.24. The van der Waals surface area contributed by atoms with E-state index in [9.17, 15) is 14.4 Å². The van der Waals surface area contributed by atoms with E-state index in [1.165, 1.54) is 0 Å². The molecule has 0 unspecified atom stereocenters. The lowest BCUT2D eigenvalue weighted by atomic mass is 9.96. The molecule has 39 heavy (non-hydrogen) atoms. The number of aromatic nitrogens is 1. The SMILES string of the molecule is CCc1cc(NC(=O)Nc2ccccc2C)ccc1-c1cccn(Cc2ccc([C@H](C)CC(=O)O)cc2)c1=O. The maximum atomic E-state index is 13.5. The lowest BCUT2D eigenvalue weighted by Crippen LogP contribution is -2.22. The number of carbonyl (C=O) groups is 2. The summed E-state index contributed by atoms with van der Waals surface area (Å²) in [4.78, 5) is 37.0. The topological polar surface area (TPSA) is 100 Å². The number of anilines is 2. The Bertz CT molecular complexity index is 1540. The number of hydrogen-bond acceptors (Lipinski definition) is 3. The number of hydrogen-bond donors (Lipinski definition) is 3. The second-order valence-electron chi connectivity index (χ2n) is 9.71. The standard InChI is InChI=1S/C32H33N3O4/c1-4-24-19-26(33-32(39)34-29-10-6-5-8-21(29)2)15-16-27(24)28-9-7-17-35(31(28)38)20-23-11-13-25(14-12-23)22(3)18-30(36)37/h5-17,19,22H,4,18,20H2,1-3H3,(H,36,37)(H2,33,34,39)/t22-/m1/s1. The number of pyridine rings is 1. The number of carboxylic acid groups (broad SMARTS) is 1. The van der Waals surface area contributed by atoms with Crippen LogP contribution in [0.1, 0.15) is 48.4 Å². The summed E-state index contributed by atoms with van der Waals surface area (Å²) in [6, 6.07) is 24.2. The lowest BCUT2D eigenvalue weighted by Gasteiger charge is -2.14. The van der Waals surface area contributed by atoms with Crippen molar-refractivity contribution in [1.29, 1.82) is 0 Å². The average molecular weight is 524 g/mol. The Morgan fingerprint density at radius 3 is 2.36 bits per heavy atom. The summed E-state index contributed by atoms with van der Waals surface area (Å²) in [7, 11) is 0. The Morgan fingerprint density at radius 1 is 0.923 bits per heavy atom. The van der Waals surface area contributed by atoms with Gasteiger partial charge in [-0.2, -0.15) is 0 Å². The van der Waals surface area contributed by atoms with E-state index in [2.05, 4.69) is 10.6 Å². The van der Waals surface area contributed by atoms with Crippen LogP contribution in [0, 0.1) is 6.92 Å². The first-order chi connectivity index (χ1) is 18.7. The van der Waals surface area contributed by atoms with Crippen LogP contribution in [-0.2, 0) is 17.8 Å². The minimum Gasteiger partial charge on any atom is -0.481 e. The maximum absolute atomic E-state index is 13.5. The second-order valence-corrected chi connectivity index (χ2v) is 9.71. The molecule has 3 N–H and O–H groups in total. The van der Waals surface area contributed by atoms with Crippen molar-refractivity contribution in [2.45, 2.75) is 46.1 Å². The number of nitrogens with one attached hydrogen (secondary N) is 2. The summed E-state index contributed by atoms with van der Waals surface area (Å²) in [5.41, 5.74) is 6.56. The van der Waals surface area contributed by atoms with Crippen LogP contribution in [0.3, 0.4) is 0 Å². The van der Waals surface area contributed by atoms with Crippen molar-refractivity contribution in [3.63, 3.8) is 0 Å². The highest BCUT2D eigenvalue weighted by atomic mass is 16.4. The van der Waals surface area contributed by atoms with Crippen LogP contribution < -0.4 is 16.2 Å². The van der Waals surface area contributed by atoms with E-state index < -0.39 is 5.97 Å². The van der Waals surface area contributed by atoms with Crippen molar-refractivity contribution in [1.82, 2.24) is 4.57 Å². The third-order valence-electron chi connectivity index (χ3n) is 6.83. The maximum Gasteiger partial charge on any atom is 0.323 e. The number of nitrogens with zero attached hydrogens (tertiary/aromatic N) is 1. The van der Waals surface area contributed by atoms with E-state index in [-0.39, 0.29) is 23.9 Å². The van der Waals surface area contributed by atoms with Gasteiger partial charge < -0.3 is 20.3 Å². The van der Waals surface area contributed by atoms with Gasteiger partial charge in [0.2, 0.25) is 0 Å². The number of amides is 2. The third-order valence-corrected chi connectivity index (χ3v) is 6.83. The molecule has 200 valence electrons. The number of urea groups is 1. The Balaban J connectivity index is 1.52. The molecule has 0 bridgehead atoms. The highest BCUT2D eigenvalue weighted by Crippen LogP contribution is 2.26. The smallest absolute Gasteiger partial charge is 0.323 e. The second kappa shape index (κ2) is 12.3. The molecule has 0 saturated heterocycles. The van der Waals surface area contributed by atoms with Crippen molar-refractivity contribution in [3.05, 3.63) is 118 Å². The van der Waals surface area contributed by atoms with E-state index in [1.54, 1.807) is 16.8 Å². The Labute approximate surface area is 228 Å². The van der Waals surface area contributed by atoms with Gasteiger partial charge in [-0.05, 0) is 77.4 Å². The molecule has 3 aromatic carbocycles. The Hall–Kier alpha value is -4.65. The fraction of sp³-hybridized carbons (Fsp3) is 0.219. The fourth-order valence-electron chi connectivity index (χ4n) is 4.62. The predicted octanol–water partition coefficient (Wildman–Crippen LogP) is 6.66. The van der Waals surface area contributed by atoms with Crippen molar-refractivity contribution < 1.29 is 14.7 Å². The van der Waals surface area contributed by atoms with Crippen LogP contribution >= 0.6 is 0 Å². The van der Waals surface area contributed by atoms with Crippen LogP contribution in [0.15, 0.2) is 89.9 Å². The molecule has 4 rings (SSSR count). The van der Waals surface area contributed by atoms with Gasteiger partial charge in [0, 0.05) is 23.1 Å². The van der Waals surface area contributed by atoms with Crippen molar-refractivity contribution in [3.8, 4) is 11.1 Å². The van der Waals surface area contributed by atoms with Gasteiger partial charge in [0.1, 0.15) is 0 Å². The van der Waals surface area contributed by atoms with E-state index >= 15 is 0 Å². The third kappa shape index (κ3) is 6.82. The molecule has 1 heterocycles. The first-order valence-electron chi connectivity index (χ1n) is 13.0. The van der Waals surface area contributed by atoms with Gasteiger partial charge in [0.25, 0.3) is 5.56 Å². The number of carbonyl (C=O) groups excluding carboxylic acids is 1. The van der Waals surface area contributed by atoms with Crippen molar-refractivity contribution in [2.24, 2.45) is 0 Å². The largest absolute Gasteiger partial charge is 0.481 e. The van der Waals surface area contributed by atoms with Crippen LogP contribution in [0.4, 0.5) is 16.2 Å². The van der Waals surface area contributed by atoms with Gasteiger partial charge in [0.15, 0.2) is 0 Å².